The monoisotopic (exact) mass is 398 g/mol. The third-order valence-corrected chi connectivity index (χ3v) is 5.38. The molecular formula is C19H22N6O2S. The number of aldehydes is 1. The lowest BCUT2D eigenvalue weighted by molar-refractivity contribution is -0.105. The Morgan fingerprint density at radius 2 is 2.11 bits per heavy atom. The maximum Gasteiger partial charge on any atom is 0.211 e. The summed E-state index contributed by atoms with van der Waals surface area (Å²) >= 11 is 1.55. The summed E-state index contributed by atoms with van der Waals surface area (Å²) in [4.78, 5) is 26.8. The molecular weight excluding hydrogens is 376 g/mol. The van der Waals surface area contributed by atoms with Crippen LogP contribution in [0, 0.1) is 6.92 Å². The van der Waals surface area contributed by atoms with E-state index < -0.39 is 0 Å². The van der Waals surface area contributed by atoms with Gasteiger partial charge in [0.1, 0.15) is 0 Å². The Morgan fingerprint density at radius 3 is 2.79 bits per heavy atom. The zero-order valence-corrected chi connectivity index (χ0v) is 17.0. The molecule has 28 heavy (non-hydrogen) atoms. The Kier molecular flexibility index (Phi) is 5.74. The number of nitrogens with zero attached hydrogens (tertiary/aromatic N) is 4. The molecule has 8 nitrogen and oxygen atoms in total. The van der Waals surface area contributed by atoms with Crippen LogP contribution in [0.1, 0.15) is 26.6 Å². The molecule has 3 rings (SSSR count). The third-order valence-electron chi connectivity index (χ3n) is 4.39. The Morgan fingerprint density at radius 1 is 1.32 bits per heavy atom. The molecule has 0 aliphatic rings. The average molecular weight is 398 g/mol. The van der Waals surface area contributed by atoms with E-state index >= 15 is 0 Å². The molecule has 2 aromatic heterocycles. The van der Waals surface area contributed by atoms with E-state index in [1.54, 1.807) is 34.2 Å². The topological polar surface area (TPSA) is 91.6 Å². The molecule has 9 heteroatoms. The second kappa shape index (κ2) is 8.22. The van der Waals surface area contributed by atoms with Crippen LogP contribution in [0.2, 0.25) is 0 Å². The number of benzene rings is 1. The minimum atomic E-state index is 0.544. The molecule has 0 saturated carbocycles. The van der Waals surface area contributed by atoms with Gasteiger partial charge in [-0.3, -0.25) is 14.6 Å². The van der Waals surface area contributed by atoms with Crippen molar-refractivity contribution in [3.63, 3.8) is 0 Å². The van der Waals surface area contributed by atoms with Gasteiger partial charge in [0.05, 0.1) is 39.5 Å². The van der Waals surface area contributed by atoms with Gasteiger partial charge in [0, 0.05) is 26.7 Å². The van der Waals surface area contributed by atoms with Gasteiger partial charge in [-0.15, -0.1) is 11.3 Å². The zero-order valence-electron chi connectivity index (χ0n) is 16.2. The van der Waals surface area contributed by atoms with Crippen LogP contribution >= 0.6 is 11.3 Å². The standard InChI is InChI=1S/C19H22N6O2S/c1-12-23-19-18(28-12)14(17(10-26)25(19)4)8-22-24(3)9-13-5-6-15(20-2)16(7-13)21-11-27/h5-8,10-11,20H,9H2,1-4H3,(H,21,27)/b22-8-. The summed E-state index contributed by atoms with van der Waals surface area (Å²) in [6.07, 6.45) is 3.19. The van der Waals surface area contributed by atoms with E-state index in [9.17, 15) is 9.59 Å². The van der Waals surface area contributed by atoms with Gasteiger partial charge in [0.25, 0.3) is 0 Å². The van der Waals surface area contributed by atoms with E-state index in [0.29, 0.717) is 24.3 Å². The third kappa shape index (κ3) is 3.74. The second-order valence-electron chi connectivity index (χ2n) is 6.31. The van der Waals surface area contributed by atoms with Gasteiger partial charge in [-0.1, -0.05) is 6.07 Å². The summed E-state index contributed by atoms with van der Waals surface area (Å²) in [5.74, 6) is 0. The van der Waals surface area contributed by atoms with E-state index in [1.165, 1.54) is 0 Å². The second-order valence-corrected chi connectivity index (χ2v) is 7.52. The van der Waals surface area contributed by atoms with Crippen molar-refractivity contribution in [2.45, 2.75) is 13.5 Å². The highest BCUT2D eigenvalue weighted by Crippen LogP contribution is 2.28. The number of carbonyl (C=O) groups is 2. The number of thiazole rings is 1. The Bertz CT molecular complexity index is 1050. The number of hydrogen-bond acceptors (Lipinski definition) is 7. The molecule has 0 radical (unpaired) electrons. The predicted molar refractivity (Wildman–Crippen MR) is 113 cm³/mol. The highest BCUT2D eigenvalue weighted by Gasteiger charge is 2.17. The maximum atomic E-state index is 11.5. The lowest BCUT2D eigenvalue weighted by Crippen LogP contribution is -2.12. The quantitative estimate of drug-likeness (QED) is 0.346. The number of aromatic nitrogens is 2. The van der Waals surface area contributed by atoms with Crippen LogP contribution in [-0.2, 0) is 18.4 Å². The smallest absolute Gasteiger partial charge is 0.211 e. The number of anilines is 2. The van der Waals surface area contributed by atoms with Crippen molar-refractivity contribution in [3.8, 4) is 0 Å². The highest BCUT2D eigenvalue weighted by atomic mass is 32.1. The summed E-state index contributed by atoms with van der Waals surface area (Å²) in [7, 11) is 5.49. The van der Waals surface area contributed by atoms with Gasteiger partial charge in [-0.25, -0.2) is 4.98 Å². The van der Waals surface area contributed by atoms with Crippen molar-refractivity contribution in [2.75, 3.05) is 24.7 Å². The molecule has 0 bridgehead atoms. The number of amides is 1. The number of nitrogens with one attached hydrogen (secondary N) is 2. The van der Waals surface area contributed by atoms with Gasteiger partial charge in [-0.2, -0.15) is 5.10 Å². The molecule has 2 N–H and O–H groups in total. The maximum absolute atomic E-state index is 11.5. The largest absolute Gasteiger partial charge is 0.386 e. The fourth-order valence-electron chi connectivity index (χ4n) is 3.05. The summed E-state index contributed by atoms with van der Waals surface area (Å²) in [6.45, 7) is 2.49. The van der Waals surface area contributed by atoms with Gasteiger partial charge >= 0.3 is 0 Å². The molecule has 1 amide bonds. The summed E-state index contributed by atoms with van der Waals surface area (Å²) in [6, 6.07) is 5.78. The molecule has 0 aliphatic carbocycles. The number of hydrazone groups is 1. The van der Waals surface area contributed by atoms with Gasteiger partial charge in [0.15, 0.2) is 11.9 Å². The van der Waals surface area contributed by atoms with Crippen LogP contribution < -0.4 is 10.6 Å². The van der Waals surface area contributed by atoms with Crippen molar-refractivity contribution in [1.82, 2.24) is 14.6 Å². The first-order valence-electron chi connectivity index (χ1n) is 8.65. The van der Waals surface area contributed by atoms with Crippen molar-refractivity contribution in [2.24, 2.45) is 12.1 Å². The van der Waals surface area contributed by atoms with Crippen molar-refractivity contribution >= 4 is 52.0 Å². The molecule has 0 spiro atoms. The minimum absolute atomic E-state index is 0.544. The van der Waals surface area contributed by atoms with E-state index in [2.05, 4.69) is 20.7 Å². The first-order valence-corrected chi connectivity index (χ1v) is 9.47. The molecule has 146 valence electrons. The predicted octanol–water partition coefficient (Wildman–Crippen LogP) is 2.83. The summed E-state index contributed by atoms with van der Waals surface area (Å²) in [5, 5.41) is 13.0. The van der Waals surface area contributed by atoms with Crippen LogP contribution in [0.4, 0.5) is 11.4 Å². The fraction of sp³-hybridized carbons (Fsp3) is 0.263. The Labute approximate surface area is 166 Å². The van der Waals surface area contributed by atoms with E-state index in [1.807, 2.05) is 39.2 Å². The average Bonchev–Trinajstić information content (AvgIpc) is 3.16. The minimum Gasteiger partial charge on any atom is -0.386 e. The molecule has 0 saturated heterocycles. The van der Waals surface area contributed by atoms with Crippen LogP contribution in [0.25, 0.3) is 10.3 Å². The van der Waals surface area contributed by atoms with Gasteiger partial charge < -0.3 is 15.2 Å². The molecule has 0 fully saturated rings. The molecule has 3 aromatic rings. The molecule has 0 aliphatic heterocycles. The zero-order chi connectivity index (χ0) is 20.3. The molecule has 0 atom stereocenters. The number of hydrogen-bond donors (Lipinski definition) is 2. The van der Waals surface area contributed by atoms with Crippen molar-refractivity contribution in [3.05, 3.63) is 40.0 Å². The van der Waals surface area contributed by atoms with Crippen molar-refractivity contribution in [1.29, 1.82) is 0 Å². The lowest BCUT2D eigenvalue weighted by Gasteiger charge is -2.15. The van der Waals surface area contributed by atoms with Crippen LogP contribution in [0.3, 0.4) is 0 Å². The Hall–Kier alpha value is -3.20. The Balaban J connectivity index is 1.84. The van der Waals surface area contributed by atoms with Gasteiger partial charge in [-0.05, 0) is 24.6 Å². The fourth-order valence-corrected chi connectivity index (χ4v) is 4.02. The summed E-state index contributed by atoms with van der Waals surface area (Å²) in [5.41, 5.74) is 4.66. The first kappa shape index (κ1) is 19.6. The molecule has 2 heterocycles. The number of rotatable bonds is 8. The highest BCUT2D eigenvalue weighted by molar-refractivity contribution is 7.18. The SMILES string of the molecule is CNc1ccc(CN(C)/N=C\c2c(C=O)n(C)c3nc(C)sc23)cc1NC=O. The summed E-state index contributed by atoms with van der Waals surface area (Å²) < 4.78 is 2.75. The normalized spacial score (nSPS) is 11.1. The van der Waals surface area contributed by atoms with E-state index in [4.69, 9.17) is 0 Å². The molecule has 1 aromatic carbocycles. The first-order chi connectivity index (χ1) is 13.5. The lowest BCUT2D eigenvalue weighted by atomic mass is 10.1. The van der Waals surface area contributed by atoms with E-state index in [-0.39, 0.29) is 0 Å². The van der Waals surface area contributed by atoms with Crippen LogP contribution in [0.5, 0.6) is 0 Å². The van der Waals surface area contributed by atoms with E-state index in [0.717, 1.165) is 38.5 Å². The van der Waals surface area contributed by atoms with Crippen molar-refractivity contribution < 1.29 is 9.59 Å². The number of carbonyl (C=O) groups excluding carboxylic acids is 2. The molecule has 0 unspecified atom stereocenters. The number of aryl methyl sites for hydroxylation is 2. The number of fused-ring (bicyclic) bond motifs is 1. The van der Waals surface area contributed by atoms with Gasteiger partial charge in [0.2, 0.25) is 6.41 Å². The van der Waals surface area contributed by atoms with Crippen LogP contribution in [-0.4, -0.2) is 47.6 Å². The van der Waals surface area contributed by atoms with Crippen LogP contribution in [0.15, 0.2) is 23.3 Å².